The molecule has 156 valence electrons. The van der Waals surface area contributed by atoms with E-state index in [1.807, 2.05) is 55.5 Å². The van der Waals surface area contributed by atoms with Crippen LogP contribution in [0.25, 0.3) is 34.0 Å². The lowest BCUT2D eigenvalue weighted by Gasteiger charge is -2.09. The molecule has 0 saturated carbocycles. The molecule has 1 heterocycles. The Morgan fingerprint density at radius 3 is 2.42 bits per heavy atom. The first-order chi connectivity index (χ1) is 15.0. The van der Waals surface area contributed by atoms with Gasteiger partial charge in [-0.3, -0.25) is 4.79 Å². The highest BCUT2D eigenvalue weighted by Crippen LogP contribution is 2.33. The molecule has 3 aromatic carbocycles. The zero-order chi connectivity index (χ0) is 21.8. The number of carboxylic acid groups (broad SMARTS) is 1. The summed E-state index contributed by atoms with van der Waals surface area (Å²) in [5.74, 6) is -1.08. The van der Waals surface area contributed by atoms with Crippen LogP contribution in [0.4, 0.5) is 4.39 Å². The molecule has 0 saturated heterocycles. The molecule has 0 spiro atoms. The Bertz CT molecular complexity index is 1220. The molecule has 0 radical (unpaired) electrons. The number of nitrogens with zero attached hydrogens (tertiary/aromatic N) is 2. The summed E-state index contributed by atoms with van der Waals surface area (Å²) in [5.41, 5.74) is 4.77. The van der Waals surface area contributed by atoms with Crippen LogP contribution >= 0.6 is 0 Å². The van der Waals surface area contributed by atoms with E-state index in [4.69, 9.17) is 9.52 Å². The predicted molar refractivity (Wildman–Crippen MR) is 115 cm³/mol. The van der Waals surface area contributed by atoms with E-state index in [1.54, 1.807) is 12.1 Å². The SMILES string of the molecule is Cc1c(-c2ccccc2)cccc1-c1nnc(-c2cc(CNCC(=O)O)ccc2F)o1. The molecule has 0 fully saturated rings. The minimum absolute atomic E-state index is 0.0668. The maximum atomic E-state index is 14.4. The van der Waals surface area contributed by atoms with Crippen molar-refractivity contribution < 1.29 is 18.7 Å². The van der Waals surface area contributed by atoms with Crippen molar-refractivity contribution in [3.63, 3.8) is 0 Å². The fourth-order valence-electron chi connectivity index (χ4n) is 3.40. The second-order valence-electron chi connectivity index (χ2n) is 7.07. The largest absolute Gasteiger partial charge is 0.480 e. The number of hydrogen-bond acceptors (Lipinski definition) is 5. The van der Waals surface area contributed by atoms with Gasteiger partial charge in [0.1, 0.15) is 5.82 Å². The standard InChI is InChI=1S/C24H20FN3O3/c1-15-18(17-6-3-2-4-7-17)8-5-9-19(15)23-27-28-24(31-23)20-12-16(10-11-21(20)25)13-26-14-22(29)30/h2-12,26H,13-14H2,1H3,(H,29,30). The minimum atomic E-state index is -0.961. The number of hydrogen-bond donors (Lipinski definition) is 2. The molecule has 0 aliphatic heterocycles. The zero-order valence-electron chi connectivity index (χ0n) is 16.8. The molecule has 0 aliphatic rings. The van der Waals surface area contributed by atoms with Crippen LogP contribution in [0.5, 0.6) is 0 Å². The van der Waals surface area contributed by atoms with Gasteiger partial charge in [0.2, 0.25) is 5.89 Å². The highest BCUT2D eigenvalue weighted by atomic mass is 19.1. The van der Waals surface area contributed by atoms with E-state index in [0.29, 0.717) is 11.5 Å². The second-order valence-corrected chi connectivity index (χ2v) is 7.07. The van der Waals surface area contributed by atoms with Crippen molar-refractivity contribution >= 4 is 5.97 Å². The molecule has 0 atom stereocenters. The Hall–Kier alpha value is -3.84. The summed E-state index contributed by atoms with van der Waals surface area (Å²) in [4.78, 5) is 10.7. The monoisotopic (exact) mass is 417 g/mol. The highest BCUT2D eigenvalue weighted by molar-refractivity contribution is 5.75. The Labute approximate surface area is 178 Å². The quantitative estimate of drug-likeness (QED) is 0.453. The number of halogens is 1. The summed E-state index contributed by atoms with van der Waals surface area (Å²) in [6.07, 6.45) is 0. The van der Waals surface area contributed by atoms with Gasteiger partial charge in [-0.15, -0.1) is 10.2 Å². The minimum Gasteiger partial charge on any atom is -0.480 e. The maximum Gasteiger partial charge on any atom is 0.317 e. The lowest BCUT2D eigenvalue weighted by molar-refractivity contribution is -0.136. The second kappa shape index (κ2) is 8.89. The van der Waals surface area contributed by atoms with Gasteiger partial charge in [0, 0.05) is 12.1 Å². The van der Waals surface area contributed by atoms with Crippen molar-refractivity contribution in [2.75, 3.05) is 6.54 Å². The molecule has 0 unspecified atom stereocenters. The van der Waals surface area contributed by atoms with Gasteiger partial charge in [0.05, 0.1) is 12.1 Å². The van der Waals surface area contributed by atoms with Gasteiger partial charge in [-0.05, 0) is 47.4 Å². The van der Waals surface area contributed by atoms with Gasteiger partial charge in [-0.25, -0.2) is 4.39 Å². The van der Waals surface area contributed by atoms with Crippen LogP contribution in [0.15, 0.2) is 71.1 Å². The Morgan fingerprint density at radius 1 is 0.968 bits per heavy atom. The van der Waals surface area contributed by atoms with Gasteiger partial charge >= 0.3 is 5.97 Å². The molecule has 6 nitrogen and oxygen atoms in total. The number of rotatable bonds is 7. The molecule has 4 aromatic rings. The highest BCUT2D eigenvalue weighted by Gasteiger charge is 2.17. The first kappa shape index (κ1) is 20.4. The van der Waals surface area contributed by atoms with E-state index in [1.165, 1.54) is 6.07 Å². The van der Waals surface area contributed by atoms with Crippen LogP contribution < -0.4 is 5.32 Å². The van der Waals surface area contributed by atoms with E-state index >= 15 is 0 Å². The summed E-state index contributed by atoms with van der Waals surface area (Å²) >= 11 is 0. The van der Waals surface area contributed by atoms with Gasteiger partial charge in [0.15, 0.2) is 0 Å². The number of benzene rings is 3. The number of carbonyl (C=O) groups is 1. The molecule has 7 heteroatoms. The average Bonchev–Trinajstić information content (AvgIpc) is 3.25. The first-order valence-electron chi connectivity index (χ1n) is 9.73. The summed E-state index contributed by atoms with van der Waals surface area (Å²) < 4.78 is 20.3. The maximum absolute atomic E-state index is 14.4. The van der Waals surface area contributed by atoms with Crippen molar-refractivity contribution in [1.82, 2.24) is 15.5 Å². The third kappa shape index (κ3) is 4.51. The molecule has 0 aliphatic carbocycles. The average molecular weight is 417 g/mol. The van der Waals surface area contributed by atoms with E-state index in [-0.39, 0.29) is 24.5 Å². The van der Waals surface area contributed by atoms with Gasteiger partial charge in [-0.1, -0.05) is 48.5 Å². The third-order valence-electron chi connectivity index (χ3n) is 4.94. The molecular weight excluding hydrogens is 397 g/mol. The molecule has 4 rings (SSSR count). The van der Waals surface area contributed by atoms with E-state index < -0.39 is 11.8 Å². The van der Waals surface area contributed by atoms with Crippen LogP contribution in [0.2, 0.25) is 0 Å². The van der Waals surface area contributed by atoms with Crippen molar-refractivity contribution in [2.24, 2.45) is 0 Å². The molecule has 2 N–H and O–H groups in total. The van der Waals surface area contributed by atoms with Crippen LogP contribution in [0, 0.1) is 12.7 Å². The van der Waals surface area contributed by atoms with Gasteiger partial charge in [-0.2, -0.15) is 0 Å². The molecule has 31 heavy (non-hydrogen) atoms. The number of carboxylic acids is 1. The number of aromatic nitrogens is 2. The van der Waals surface area contributed by atoms with Crippen molar-refractivity contribution in [3.05, 3.63) is 83.7 Å². The van der Waals surface area contributed by atoms with Crippen molar-refractivity contribution in [3.8, 4) is 34.0 Å². The Morgan fingerprint density at radius 2 is 1.68 bits per heavy atom. The number of aliphatic carboxylic acids is 1. The topological polar surface area (TPSA) is 88.2 Å². The summed E-state index contributed by atoms with van der Waals surface area (Å²) in [6.45, 7) is 2.07. The molecular formula is C24H20FN3O3. The third-order valence-corrected chi connectivity index (χ3v) is 4.94. The van der Waals surface area contributed by atoms with E-state index in [0.717, 1.165) is 22.3 Å². The van der Waals surface area contributed by atoms with Crippen LogP contribution in [0.3, 0.4) is 0 Å². The van der Waals surface area contributed by atoms with E-state index in [2.05, 4.69) is 15.5 Å². The smallest absolute Gasteiger partial charge is 0.317 e. The van der Waals surface area contributed by atoms with Crippen LogP contribution in [-0.4, -0.2) is 27.8 Å². The zero-order valence-corrected chi connectivity index (χ0v) is 16.8. The molecule has 1 aromatic heterocycles. The van der Waals surface area contributed by atoms with Crippen LogP contribution in [0.1, 0.15) is 11.1 Å². The van der Waals surface area contributed by atoms with Crippen LogP contribution in [-0.2, 0) is 11.3 Å². The van der Waals surface area contributed by atoms with Crippen molar-refractivity contribution in [2.45, 2.75) is 13.5 Å². The summed E-state index contributed by atoms with van der Waals surface area (Å²) in [6, 6.07) is 20.3. The Balaban J connectivity index is 1.64. The lowest BCUT2D eigenvalue weighted by atomic mass is 9.96. The molecule has 0 bridgehead atoms. The number of nitrogens with one attached hydrogen (secondary N) is 1. The first-order valence-corrected chi connectivity index (χ1v) is 9.73. The summed E-state index contributed by atoms with van der Waals surface area (Å²) in [5, 5.41) is 19.7. The van der Waals surface area contributed by atoms with Crippen molar-refractivity contribution in [1.29, 1.82) is 0 Å². The predicted octanol–water partition coefficient (Wildman–Crippen LogP) is 4.69. The Kier molecular flexibility index (Phi) is 5.86. The fourth-order valence-corrected chi connectivity index (χ4v) is 3.40. The van der Waals surface area contributed by atoms with E-state index in [9.17, 15) is 9.18 Å². The fraction of sp³-hybridized carbons (Fsp3) is 0.125. The van der Waals surface area contributed by atoms with Gasteiger partial charge < -0.3 is 14.8 Å². The molecule has 0 amide bonds. The van der Waals surface area contributed by atoms with Gasteiger partial charge in [0.25, 0.3) is 5.89 Å². The normalized spacial score (nSPS) is 10.9. The lowest BCUT2D eigenvalue weighted by Crippen LogP contribution is -2.21. The summed E-state index contributed by atoms with van der Waals surface area (Å²) in [7, 11) is 0.